The van der Waals surface area contributed by atoms with Gasteiger partial charge in [-0.15, -0.1) is 0 Å². The summed E-state index contributed by atoms with van der Waals surface area (Å²) >= 11 is 6.00. The summed E-state index contributed by atoms with van der Waals surface area (Å²) in [7, 11) is 0. The molecule has 0 aliphatic heterocycles. The molecule has 1 aromatic carbocycles. The summed E-state index contributed by atoms with van der Waals surface area (Å²) in [6, 6.07) is 10.0. The van der Waals surface area contributed by atoms with Crippen molar-refractivity contribution in [1.29, 1.82) is 0 Å². The number of rotatable bonds is 4. The summed E-state index contributed by atoms with van der Waals surface area (Å²) < 4.78 is 0. The largest absolute Gasteiger partial charge is 0.380 e. The van der Waals surface area contributed by atoms with Crippen LogP contribution in [0.4, 0.5) is 5.69 Å². The van der Waals surface area contributed by atoms with Crippen molar-refractivity contribution < 1.29 is 0 Å². The van der Waals surface area contributed by atoms with E-state index in [0.717, 1.165) is 17.8 Å². The number of hydrogen-bond donors (Lipinski definition) is 2. The molecule has 3 nitrogen and oxygen atoms in total. The van der Waals surface area contributed by atoms with Gasteiger partial charge >= 0.3 is 0 Å². The maximum Gasteiger partial charge on any atom is 0.0820 e. The van der Waals surface area contributed by atoms with Crippen LogP contribution in [-0.4, -0.2) is 4.98 Å². The maximum atomic E-state index is 6.00. The average Bonchev–Trinajstić information content (AvgIpc) is 2.38. The summed E-state index contributed by atoms with van der Waals surface area (Å²) in [5, 5.41) is 3.90. The van der Waals surface area contributed by atoms with Crippen LogP contribution in [0.3, 0.4) is 0 Å². The lowest BCUT2D eigenvalue weighted by Gasteiger charge is -2.08. The van der Waals surface area contributed by atoms with Gasteiger partial charge in [-0.2, -0.15) is 0 Å². The van der Waals surface area contributed by atoms with Crippen molar-refractivity contribution in [1.82, 2.24) is 4.98 Å². The van der Waals surface area contributed by atoms with Crippen LogP contribution in [0.25, 0.3) is 0 Å². The molecular formula is C13H14ClN3. The molecule has 1 heterocycles. The fourth-order valence-electron chi connectivity index (χ4n) is 1.58. The first-order valence-corrected chi connectivity index (χ1v) is 5.78. The van der Waals surface area contributed by atoms with Gasteiger partial charge < -0.3 is 11.1 Å². The Morgan fingerprint density at radius 2 is 2.06 bits per heavy atom. The van der Waals surface area contributed by atoms with Crippen molar-refractivity contribution in [2.75, 3.05) is 5.32 Å². The number of pyridine rings is 1. The van der Waals surface area contributed by atoms with Crippen molar-refractivity contribution in [2.24, 2.45) is 5.73 Å². The van der Waals surface area contributed by atoms with Gasteiger partial charge in [-0.3, -0.25) is 4.98 Å². The molecule has 0 amide bonds. The first-order valence-electron chi connectivity index (χ1n) is 5.41. The normalized spacial score (nSPS) is 10.2. The summed E-state index contributed by atoms with van der Waals surface area (Å²) in [5.74, 6) is 0. The molecule has 0 atom stereocenters. The Hall–Kier alpha value is -1.58. The minimum Gasteiger partial charge on any atom is -0.380 e. The van der Waals surface area contributed by atoms with Crippen molar-refractivity contribution in [3.8, 4) is 0 Å². The first kappa shape index (κ1) is 11.9. The number of benzene rings is 1. The van der Waals surface area contributed by atoms with Gasteiger partial charge in [0.15, 0.2) is 0 Å². The Bertz CT molecular complexity index is 500. The van der Waals surface area contributed by atoms with Crippen molar-refractivity contribution >= 4 is 17.3 Å². The van der Waals surface area contributed by atoms with Crippen molar-refractivity contribution in [3.05, 3.63) is 58.9 Å². The van der Waals surface area contributed by atoms with Crippen LogP contribution in [0.5, 0.6) is 0 Å². The molecule has 0 bridgehead atoms. The van der Waals surface area contributed by atoms with Gasteiger partial charge in [0.25, 0.3) is 0 Å². The van der Waals surface area contributed by atoms with E-state index in [4.69, 9.17) is 17.3 Å². The second-order valence-corrected chi connectivity index (χ2v) is 4.14. The molecule has 4 heteroatoms. The number of nitrogens with two attached hydrogens (primary N) is 1. The number of halogens is 1. The predicted octanol–water partition coefficient (Wildman–Crippen LogP) is 2.81. The quantitative estimate of drug-likeness (QED) is 0.874. The molecule has 0 saturated heterocycles. The molecule has 0 aliphatic rings. The smallest absolute Gasteiger partial charge is 0.0820 e. The number of nitrogens with one attached hydrogen (secondary N) is 1. The van der Waals surface area contributed by atoms with Gasteiger partial charge in [0.2, 0.25) is 0 Å². The Labute approximate surface area is 106 Å². The summed E-state index contributed by atoms with van der Waals surface area (Å²) in [5.41, 5.74) is 8.80. The number of aromatic nitrogens is 1. The Balaban J connectivity index is 2.05. The molecule has 17 heavy (non-hydrogen) atoms. The van der Waals surface area contributed by atoms with E-state index < -0.39 is 0 Å². The minimum absolute atomic E-state index is 0.559. The second kappa shape index (κ2) is 5.66. The maximum absolute atomic E-state index is 6.00. The fraction of sp³-hybridized carbons (Fsp3) is 0.154. The third kappa shape index (κ3) is 3.19. The molecule has 3 N–H and O–H groups in total. The topological polar surface area (TPSA) is 50.9 Å². The second-order valence-electron chi connectivity index (χ2n) is 3.73. The standard InChI is InChI=1S/C13H14ClN3/c14-12-9-16-5-4-13(12)17-8-11-3-1-2-10(6-11)7-15/h1-6,9H,7-8,15H2,(H,16,17). The van der Waals surface area contributed by atoms with E-state index in [2.05, 4.69) is 22.4 Å². The van der Waals surface area contributed by atoms with E-state index in [9.17, 15) is 0 Å². The number of nitrogens with zero attached hydrogens (tertiary/aromatic N) is 1. The molecule has 0 spiro atoms. The highest BCUT2D eigenvalue weighted by Crippen LogP contribution is 2.19. The van der Waals surface area contributed by atoms with E-state index in [0.29, 0.717) is 11.6 Å². The molecule has 0 unspecified atom stereocenters. The SMILES string of the molecule is NCc1cccc(CNc2ccncc2Cl)c1. The van der Waals surface area contributed by atoms with Crippen molar-refractivity contribution in [2.45, 2.75) is 13.1 Å². The fourth-order valence-corrected chi connectivity index (χ4v) is 1.77. The molecule has 1 aromatic heterocycles. The van der Waals surface area contributed by atoms with Crippen LogP contribution >= 0.6 is 11.6 Å². The van der Waals surface area contributed by atoms with E-state index in [1.807, 2.05) is 18.2 Å². The lowest BCUT2D eigenvalue weighted by Crippen LogP contribution is -2.02. The predicted molar refractivity (Wildman–Crippen MR) is 70.9 cm³/mol. The third-order valence-electron chi connectivity index (χ3n) is 2.48. The summed E-state index contributed by atoms with van der Waals surface area (Å²) in [4.78, 5) is 3.94. The highest BCUT2D eigenvalue weighted by atomic mass is 35.5. The number of anilines is 1. The molecular weight excluding hydrogens is 234 g/mol. The highest BCUT2D eigenvalue weighted by molar-refractivity contribution is 6.33. The molecule has 2 rings (SSSR count). The van der Waals surface area contributed by atoms with Crippen LogP contribution < -0.4 is 11.1 Å². The highest BCUT2D eigenvalue weighted by Gasteiger charge is 1.99. The van der Waals surface area contributed by atoms with Crippen molar-refractivity contribution in [3.63, 3.8) is 0 Å². The zero-order chi connectivity index (χ0) is 12.1. The van der Waals surface area contributed by atoms with E-state index in [-0.39, 0.29) is 0 Å². The van der Waals surface area contributed by atoms with Gasteiger partial charge in [0.1, 0.15) is 0 Å². The van der Waals surface area contributed by atoms with Gasteiger partial charge in [0, 0.05) is 25.5 Å². The first-order chi connectivity index (χ1) is 8.29. The van der Waals surface area contributed by atoms with Crippen LogP contribution in [0.1, 0.15) is 11.1 Å². The van der Waals surface area contributed by atoms with Crippen LogP contribution in [-0.2, 0) is 13.1 Å². The zero-order valence-corrected chi connectivity index (χ0v) is 10.1. The molecule has 0 fully saturated rings. The molecule has 0 aliphatic carbocycles. The Morgan fingerprint density at radius 3 is 2.82 bits per heavy atom. The molecule has 0 saturated carbocycles. The van der Waals surface area contributed by atoms with E-state index in [1.54, 1.807) is 12.4 Å². The van der Waals surface area contributed by atoms with Crippen LogP contribution in [0.15, 0.2) is 42.7 Å². The van der Waals surface area contributed by atoms with Gasteiger partial charge in [-0.1, -0.05) is 35.9 Å². The lowest BCUT2D eigenvalue weighted by molar-refractivity contribution is 1.05. The lowest BCUT2D eigenvalue weighted by atomic mass is 10.1. The average molecular weight is 248 g/mol. The monoisotopic (exact) mass is 247 g/mol. The molecule has 0 radical (unpaired) electrons. The molecule has 88 valence electrons. The van der Waals surface area contributed by atoms with Gasteiger partial charge in [0.05, 0.1) is 10.7 Å². The summed E-state index contributed by atoms with van der Waals surface area (Å²) in [6.45, 7) is 1.28. The Kier molecular flexibility index (Phi) is 3.96. The van der Waals surface area contributed by atoms with Crippen LogP contribution in [0, 0.1) is 0 Å². The molecule has 2 aromatic rings. The number of hydrogen-bond acceptors (Lipinski definition) is 3. The minimum atomic E-state index is 0.559. The van der Waals surface area contributed by atoms with E-state index in [1.165, 1.54) is 5.56 Å². The third-order valence-corrected chi connectivity index (χ3v) is 2.78. The van der Waals surface area contributed by atoms with Gasteiger partial charge in [-0.05, 0) is 17.2 Å². The van der Waals surface area contributed by atoms with E-state index >= 15 is 0 Å². The summed E-state index contributed by atoms with van der Waals surface area (Å²) in [6.07, 6.45) is 3.34. The Morgan fingerprint density at radius 1 is 1.24 bits per heavy atom. The zero-order valence-electron chi connectivity index (χ0n) is 9.36. The van der Waals surface area contributed by atoms with Gasteiger partial charge in [-0.25, -0.2) is 0 Å². The van der Waals surface area contributed by atoms with Crippen LogP contribution in [0.2, 0.25) is 5.02 Å².